The highest BCUT2D eigenvalue weighted by Crippen LogP contribution is 2.18. The van der Waals surface area contributed by atoms with Crippen molar-refractivity contribution in [3.8, 4) is 0 Å². The molecule has 2 aromatic rings. The number of nitro benzene ring substituents is 1. The molecule has 24 heavy (non-hydrogen) atoms. The first kappa shape index (κ1) is 17.9. The summed E-state index contributed by atoms with van der Waals surface area (Å²) in [5.41, 5.74) is 3.08. The number of benzene rings is 2. The summed E-state index contributed by atoms with van der Waals surface area (Å²) in [7, 11) is 0. The highest BCUT2D eigenvalue weighted by molar-refractivity contribution is 7.80. The summed E-state index contributed by atoms with van der Waals surface area (Å²) in [5, 5.41) is 17.4. The molecule has 0 radical (unpaired) electrons. The molecule has 5 nitrogen and oxygen atoms in total. The Kier molecular flexibility index (Phi) is 6.26. The van der Waals surface area contributed by atoms with Crippen LogP contribution in [0.2, 0.25) is 0 Å². The zero-order chi connectivity index (χ0) is 17.5. The van der Waals surface area contributed by atoms with Crippen molar-refractivity contribution in [2.45, 2.75) is 32.7 Å². The fraction of sp³-hybridized carbons (Fsp3) is 0.278. The maximum absolute atomic E-state index is 10.8. The molecule has 0 saturated carbocycles. The lowest BCUT2D eigenvalue weighted by atomic mass is 10.0. The van der Waals surface area contributed by atoms with Crippen molar-refractivity contribution < 1.29 is 4.92 Å². The molecule has 0 aromatic heterocycles. The van der Waals surface area contributed by atoms with Gasteiger partial charge >= 0.3 is 0 Å². The van der Waals surface area contributed by atoms with Crippen LogP contribution in [0, 0.1) is 10.1 Å². The van der Waals surface area contributed by atoms with E-state index in [-0.39, 0.29) is 11.7 Å². The second-order valence-corrected chi connectivity index (χ2v) is 6.03. The number of nitrogens with zero attached hydrogens (tertiary/aromatic N) is 1. The summed E-state index contributed by atoms with van der Waals surface area (Å²) in [6.07, 6.45) is 2.21. The zero-order valence-corrected chi connectivity index (χ0v) is 14.6. The number of thiocarbonyl (C=S) groups is 1. The van der Waals surface area contributed by atoms with E-state index in [1.54, 1.807) is 12.1 Å². The first-order chi connectivity index (χ1) is 11.5. The molecule has 0 aliphatic carbocycles. The number of hydrogen-bond acceptors (Lipinski definition) is 3. The standard InChI is InChI=1S/C18H21N3O2S/c1-3-5-14-8-10-15(11-9-14)13(2)19-18(24)20-16-6-4-7-17(12-16)21(22)23/h4,6-13H,3,5H2,1-2H3,(H2,19,20,24). The van der Waals surface area contributed by atoms with Gasteiger partial charge in [0.15, 0.2) is 5.11 Å². The molecule has 0 spiro atoms. The molecule has 2 N–H and O–H groups in total. The monoisotopic (exact) mass is 343 g/mol. The van der Waals surface area contributed by atoms with Crippen LogP contribution in [-0.4, -0.2) is 10.0 Å². The van der Waals surface area contributed by atoms with E-state index >= 15 is 0 Å². The minimum atomic E-state index is -0.428. The summed E-state index contributed by atoms with van der Waals surface area (Å²) in [4.78, 5) is 10.4. The molecular formula is C18H21N3O2S. The molecule has 0 bridgehead atoms. The van der Waals surface area contributed by atoms with Crippen LogP contribution in [0.3, 0.4) is 0 Å². The van der Waals surface area contributed by atoms with Crippen LogP contribution in [0.1, 0.15) is 37.4 Å². The molecule has 0 amide bonds. The van der Waals surface area contributed by atoms with Gasteiger partial charge in [0.25, 0.3) is 5.69 Å². The Bertz CT molecular complexity index is 716. The fourth-order valence-corrected chi connectivity index (χ4v) is 2.70. The Morgan fingerprint density at radius 2 is 1.96 bits per heavy atom. The molecule has 2 aromatic carbocycles. The molecule has 1 unspecified atom stereocenters. The quantitative estimate of drug-likeness (QED) is 0.456. The molecular weight excluding hydrogens is 322 g/mol. The molecule has 6 heteroatoms. The molecule has 0 fully saturated rings. The highest BCUT2D eigenvalue weighted by Gasteiger charge is 2.09. The van der Waals surface area contributed by atoms with Crippen molar-refractivity contribution in [1.82, 2.24) is 5.32 Å². The summed E-state index contributed by atoms with van der Waals surface area (Å²) in [5.74, 6) is 0. The molecule has 126 valence electrons. The van der Waals surface area contributed by atoms with Crippen molar-refractivity contribution in [2.75, 3.05) is 5.32 Å². The number of rotatable bonds is 6. The van der Waals surface area contributed by atoms with Crippen LogP contribution in [0.15, 0.2) is 48.5 Å². The zero-order valence-electron chi connectivity index (χ0n) is 13.8. The van der Waals surface area contributed by atoms with Crippen LogP contribution in [0.4, 0.5) is 11.4 Å². The van der Waals surface area contributed by atoms with Gasteiger partial charge in [-0.25, -0.2) is 0 Å². The average molecular weight is 343 g/mol. The van der Waals surface area contributed by atoms with Crippen LogP contribution < -0.4 is 10.6 Å². The predicted octanol–water partition coefficient (Wildman–Crippen LogP) is 4.59. The van der Waals surface area contributed by atoms with Gasteiger partial charge in [-0.2, -0.15) is 0 Å². The number of aryl methyl sites for hydroxylation is 1. The van der Waals surface area contributed by atoms with Crippen molar-refractivity contribution in [1.29, 1.82) is 0 Å². The Labute approximate surface area is 147 Å². The van der Waals surface area contributed by atoms with Crippen molar-refractivity contribution >= 4 is 28.7 Å². The average Bonchev–Trinajstić information content (AvgIpc) is 2.55. The molecule has 0 heterocycles. The fourth-order valence-electron chi connectivity index (χ4n) is 2.41. The van der Waals surface area contributed by atoms with Gasteiger partial charge in [0.2, 0.25) is 0 Å². The van der Waals surface area contributed by atoms with E-state index in [2.05, 4.69) is 41.8 Å². The van der Waals surface area contributed by atoms with Gasteiger partial charge in [0, 0.05) is 17.8 Å². The van der Waals surface area contributed by atoms with E-state index in [4.69, 9.17) is 12.2 Å². The summed E-state index contributed by atoms with van der Waals surface area (Å²) < 4.78 is 0. The lowest BCUT2D eigenvalue weighted by Crippen LogP contribution is -2.30. The Balaban J connectivity index is 1.96. The van der Waals surface area contributed by atoms with Crippen LogP contribution in [0.5, 0.6) is 0 Å². The number of hydrogen-bond donors (Lipinski definition) is 2. The van der Waals surface area contributed by atoms with E-state index in [9.17, 15) is 10.1 Å². The third-order valence-electron chi connectivity index (χ3n) is 3.68. The lowest BCUT2D eigenvalue weighted by molar-refractivity contribution is -0.384. The minimum absolute atomic E-state index is 0.0300. The smallest absolute Gasteiger partial charge is 0.271 e. The van der Waals surface area contributed by atoms with Gasteiger partial charge in [-0.15, -0.1) is 0 Å². The Morgan fingerprint density at radius 1 is 1.25 bits per heavy atom. The van der Waals surface area contributed by atoms with E-state index in [1.165, 1.54) is 17.7 Å². The minimum Gasteiger partial charge on any atom is -0.356 e. The SMILES string of the molecule is CCCc1ccc(C(C)NC(=S)Nc2cccc([N+](=O)[O-])c2)cc1. The largest absolute Gasteiger partial charge is 0.356 e. The van der Waals surface area contributed by atoms with Crippen molar-refractivity contribution in [2.24, 2.45) is 0 Å². The molecule has 1 atom stereocenters. The van der Waals surface area contributed by atoms with Crippen molar-refractivity contribution in [3.63, 3.8) is 0 Å². The number of anilines is 1. The van der Waals surface area contributed by atoms with Crippen molar-refractivity contribution in [3.05, 3.63) is 69.8 Å². The van der Waals surface area contributed by atoms with Gasteiger partial charge in [0.1, 0.15) is 0 Å². The third-order valence-corrected chi connectivity index (χ3v) is 3.90. The number of nitro groups is 1. The first-order valence-corrected chi connectivity index (χ1v) is 8.31. The van der Waals surface area contributed by atoms with Gasteiger partial charge in [0.05, 0.1) is 11.0 Å². The molecule has 0 aliphatic rings. The Morgan fingerprint density at radius 3 is 2.58 bits per heavy atom. The van der Waals surface area contributed by atoms with Gasteiger partial charge in [-0.3, -0.25) is 10.1 Å². The van der Waals surface area contributed by atoms with Gasteiger partial charge in [-0.1, -0.05) is 43.7 Å². The molecule has 0 saturated heterocycles. The maximum atomic E-state index is 10.8. The Hall–Kier alpha value is -2.47. The second kappa shape index (κ2) is 8.40. The van der Waals surface area contributed by atoms with Gasteiger partial charge < -0.3 is 10.6 Å². The normalized spacial score (nSPS) is 11.6. The van der Waals surface area contributed by atoms with E-state index < -0.39 is 4.92 Å². The van der Waals surface area contributed by atoms with Crippen LogP contribution in [-0.2, 0) is 6.42 Å². The number of nitrogens with one attached hydrogen (secondary N) is 2. The van der Waals surface area contributed by atoms with Crippen LogP contribution in [0.25, 0.3) is 0 Å². The number of non-ortho nitro benzene ring substituents is 1. The van der Waals surface area contributed by atoms with E-state index in [0.29, 0.717) is 10.8 Å². The van der Waals surface area contributed by atoms with E-state index in [1.807, 2.05) is 6.92 Å². The van der Waals surface area contributed by atoms with Gasteiger partial charge in [-0.05, 0) is 42.8 Å². The van der Waals surface area contributed by atoms with E-state index in [0.717, 1.165) is 18.4 Å². The first-order valence-electron chi connectivity index (χ1n) is 7.90. The summed E-state index contributed by atoms with van der Waals surface area (Å²) in [6, 6.07) is 14.8. The second-order valence-electron chi connectivity index (χ2n) is 5.62. The topological polar surface area (TPSA) is 67.2 Å². The maximum Gasteiger partial charge on any atom is 0.271 e. The van der Waals surface area contributed by atoms with Crippen LogP contribution >= 0.6 is 12.2 Å². The summed E-state index contributed by atoms with van der Waals surface area (Å²) >= 11 is 5.30. The predicted molar refractivity (Wildman–Crippen MR) is 101 cm³/mol. The summed E-state index contributed by atoms with van der Waals surface area (Å²) in [6.45, 7) is 4.19. The third kappa shape index (κ3) is 5.03. The molecule has 0 aliphatic heterocycles. The highest BCUT2D eigenvalue weighted by atomic mass is 32.1. The molecule has 2 rings (SSSR count). The lowest BCUT2D eigenvalue weighted by Gasteiger charge is -2.17.